The van der Waals surface area contributed by atoms with E-state index in [9.17, 15) is 4.79 Å². The maximum absolute atomic E-state index is 12.7. The first-order chi connectivity index (χ1) is 12.6. The van der Waals surface area contributed by atoms with Crippen LogP contribution in [-0.4, -0.2) is 35.5 Å². The van der Waals surface area contributed by atoms with Gasteiger partial charge in [0.25, 0.3) is 5.22 Å². The fourth-order valence-electron chi connectivity index (χ4n) is 3.21. The lowest BCUT2D eigenvalue weighted by Gasteiger charge is -2.17. The number of nitrogens with zero attached hydrogens (tertiary/aromatic N) is 2. The molecule has 0 unspecified atom stereocenters. The second-order valence-corrected chi connectivity index (χ2v) is 7.73. The predicted octanol–water partition coefficient (Wildman–Crippen LogP) is 4.50. The predicted molar refractivity (Wildman–Crippen MR) is 99.3 cm³/mol. The molecule has 3 rings (SSSR count). The summed E-state index contributed by atoms with van der Waals surface area (Å²) >= 11 is 1.29. The van der Waals surface area contributed by atoms with Gasteiger partial charge < -0.3 is 13.9 Å². The van der Waals surface area contributed by atoms with Crippen molar-refractivity contribution in [2.24, 2.45) is 0 Å². The summed E-state index contributed by atoms with van der Waals surface area (Å²) in [6, 6.07) is 5.17. The van der Waals surface area contributed by atoms with Crippen molar-refractivity contribution in [1.82, 2.24) is 10.2 Å². The molecule has 140 valence electrons. The van der Waals surface area contributed by atoms with E-state index in [0.29, 0.717) is 34.1 Å². The van der Waals surface area contributed by atoms with E-state index in [1.54, 1.807) is 32.4 Å². The van der Waals surface area contributed by atoms with Gasteiger partial charge in [-0.05, 0) is 38.0 Å². The zero-order valence-corrected chi connectivity index (χ0v) is 16.2. The molecule has 1 heterocycles. The second kappa shape index (κ2) is 8.58. The van der Waals surface area contributed by atoms with Gasteiger partial charge in [-0.2, -0.15) is 0 Å². The maximum atomic E-state index is 12.7. The standard InChI is InChI=1S/C19H24N2O4S/c1-12(17(22)14-9-10-15(23-2)16(11-14)24-3)26-19-21-20-18(25-19)13-7-5-4-6-8-13/h9-13H,4-8H2,1-3H3/t12-/m1/s1. The van der Waals surface area contributed by atoms with Crippen molar-refractivity contribution in [3.05, 3.63) is 29.7 Å². The van der Waals surface area contributed by atoms with E-state index in [1.165, 1.54) is 31.0 Å². The summed E-state index contributed by atoms with van der Waals surface area (Å²) in [7, 11) is 3.12. The number of carbonyl (C=O) groups is 1. The van der Waals surface area contributed by atoms with Gasteiger partial charge in [0, 0.05) is 11.5 Å². The molecule has 1 saturated carbocycles. The number of Topliss-reactive ketones (excluding diaryl/α,β-unsaturated/α-hetero) is 1. The average Bonchev–Trinajstić information content (AvgIpc) is 3.16. The van der Waals surface area contributed by atoms with Gasteiger partial charge in [0.2, 0.25) is 5.89 Å². The third-order valence-electron chi connectivity index (χ3n) is 4.69. The van der Waals surface area contributed by atoms with Crippen LogP contribution >= 0.6 is 11.8 Å². The molecule has 1 fully saturated rings. The smallest absolute Gasteiger partial charge is 0.277 e. The molecule has 1 aromatic heterocycles. The van der Waals surface area contributed by atoms with E-state index in [2.05, 4.69) is 10.2 Å². The molecule has 1 atom stereocenters. The Kier molecular flexibility index (Phi) is 6.19. The number of hydrogen-bond acceptors (Lipinski definition) is 7. The molecule has 6 nitrogen and oxygen atoms in total. The van der Waals surface area contributed by atoms with Crippen molar-refractivity contribution in [2.45, 2.75) is 55.4 Å². The second-order valence-electron chi connectivity index (χ2n) is 6.44. The molecule has 0 aliphatic heterocycles. The molecular formula is C19H24N2O4S. The minimum Gasteiger partial charge on any atom is -0.493 e. The molecule has 0 amide bonds. The summed E-state index contributed by atoms with van der Waals surface area (Å²) in [4.78, 5) is 12.7. The molecule has 0 saturated heterocycles. The Morgan fingerprint density at radius 3 is 2.58 bits per heavy atom. The number of hydrogen-bond donors (Lipinski definition) is 0. The van der Waals surface area contributed by atoms with E-state index < -0.39 is 0 Å². The zero-order chi connectivity index (χ0) is 18.5. The van der Waals surface area contributed by atoms with E-state index >= 15 is 0 Å². The molecule has 1 aliphatic carbocycles. The normalized spacial score (nSPS) is 16.3. The van der Waals surface area contributed by atoms with Crippen molar-refractivity contribution >= 4 is 17.5 Å². The van der Waals surface area contributed by atoms with Crippen molar-refractivity contribution < 1.29 is 18.7 Å². The van der Waals surface area contributed by atoms with Crippen LogP contribution in [0.4, 0.5) is 0 Å². The summed E-state index contributed by atoms with van der Waals surface area (Å²) < 4.78 is 16.3. The highest BCUT2D eigenvalue weighted by Gasteiger charge is 2.24. The molecule has 0 N–H and O–H groups in total. The Hall–Kier alpha value is -2.02. The number of thioether (sulfide) groups is 1. The van der Waals surface area contributed by atoms with E-state index in [4.69, 9.17) is 13.9 Å². The minimum atomic E-state index is -0.340. The molecule has 26 heavy (non-hydrogen) atoms. The van der Waals surface area contributed by atoms with Gasteiger partial charge in [0.15, 0.2) is 17.3 Å². The average molecular weight is 376 g/mol. The summed E-state index contributed by atoms with van der Waals surface area (Å²) in [6.07, 6.45) is 5.91. The van der Waals surface area contributed by atoms with Gasteiger partial charge in [-0.25, -0.2) is 0 Å². The highest BCUT2D eigenvalue weighted by atomic mass is 32.2. The molecule has 0 radical (unpaired) electrons. The Bertz CT molecular complexity index is 756. The van der Waals surface area contributed by atoms with Gasteiger partial charge in [-0.3, -0.25) is 4.79 Å². The van der Waals surface area contributed by atoms with E-state index in [0.717, 1.165) is 12.8 Å². The van der Waals surface area contributed by atoms with Gasteiger partial charge >= 0.3 is 0 Å². The van der Waals surface area contributed by atoms with Crippen LogP contribution in [0.3, 0.4) is 0 Å². The minimum absolute atomic E-state index is 0.0200. The first kappa shape index (κ1) is 18.8. The summed E-state index contributed by atoms with van der Waals surface area (Å²) in [5.74, 6) is 2.18. The Morgan fingerprint density at radius 1 is 1.15 bits per heavy atom. The van der Waals surface area contributed by atoms with Gasteiger partial charge in [-0.15, -0.1) is 10.2 Å². The SMILES string of the molecule is COc1ccc(C(=O)[C@@H](C)Sc2nnc(C3CCCCC3)o2)cc1OC. The molecule has 2 aromatic rings. The number of rotatable bonds is 7. The number of carbonyl (C=O) groups excluding carboxylic acids is 1. The van der Waals surface area contributed by atoms with E-state index in [1.807, 2.05) is 6.92 Å². The van der Waals surface area contributed by atoms with Crippen LogP contribution in [0.2, 0.25) is 0 Å². The van der Waals surface area contributed by atoms with Crippen molar-refractivity contribution in [3.63, 3.8) is 0 Å². The van der Waals surface area contributed by atoms with Crippen molar-refractivity contribution in [2.75, 3.05) is 14.2 Å². The zero-order valence-electron chi connectivity index (χ0n) is 15.4. The highest BCUT2D eigenvalue weighted by molar-refractivity contribution is 8.00. The van der Waals surface area contributed by atoms with Crippen LogP contribution in [0, 0.1) is 0 Å². The fourth-order valence-corrected chi connectivity index (χ4v) is 3.98. The lowest BCUT2D eigenvalue weighted by atomic mass is 9.89. The topological polar surface area (TPSA) is 74.5 Å². The molecule has 1 aliphatic rings. The third-order valence-corrected chi connectivity index (χ3v) is 5.63. The van der Waals surface area contributed by atoms with Crippen molar-refractivity contribution in [1.29, 1.82) is 0 Å². The van der Waals surface area contributed by atoms with Crippen LogP contribution in [-0.2, 0) is 0 Å². The monoisotopic (exact) mass is 376 g/mol. The number of ketones is 1. The van der Waals surface area contributed by atoms with Gasteiger partial charge in [0.1, 0.15) is 0 Å². The van der Waals surface area contributed by atoms with Crippen molar-refractivity contribution in [3.8, 4) is 11.5 Å². The maximum Gasteiger partial charge on any atom is 0.277 e. The summed E-state index contributed by atoms with van der Waals surface area (Å²) in [5.41, 5.74) is 0.565. The lowest BCUT2D eigenvalue weighted by Crippen LogP contribution is -2.13. The van der Waals surface area contributed by atoms with Gasteiger partial charge in [0.05, 0.1) is 19.5 Å². The Balaban J connectivity index is 1.67. The van der Waals surface area contributed by atoms with Crippen LogP contribution in [0.25, 0.3) is 0 Å². The van der Waals surface area contributed by atoms with E-state index in [-0.39, 0.29) is 11.0 Å². The molecule has 1 aromatic carbocycles. The Labute approximate surface area is 157 Å². The first-order valence-corrected chi connectivity index (χ1v) is 9.76. The quantitative estimate of drug-likeness (QED) is 0.520. The Morgan fingerprint density at radius 2 is 1.88 bits per heavy atom. The number of aromatic nitrogens is 2. The molecule has 7 heteroatoms. The summed E-state index contributed by atoms with van der Waals surface area (Å²) in [6.45, 7) is 1.84. The van der Waals surface area contributed by atoms with Crippen LogP contribution in [0.5, 0.6) is 11.5 Å². The fraction of sp³-hybridized carbons (Fsp3) is 0.526. The van der Waals surface area contributed by atoms with Crippen LogP contribution in [0.15, 0.2) is 27.8 Å². The molecular weight excluding hydrogens is 352 g/mol. The lowest BCUT2D eigenvalue weighted by molar-refractivity contribution is 0.0993. The largest absolute Gasteiger partial charge is 0.493 e. The first-order valence-electron chi connectivity index (χ1n) is 8.88. The highest BCUT2D eigenvalue weighted by Crippen LogP contribution is 2.34. The van der Waals surface area contributed by atoms with Gasteiger partial charge in [-0.1, -0.05) is 31.0 Å². The number of ether oxygens (including phenoxy) is 2. The van der Waals surface area contributed by atoms with Crippen LogP contribution in [0.1, 0.15) is 61.2 Å². The number of methoxy groups -OCH3 is 2. The summed E-state index contributed by atoms with van der Waals surface area (Å²) in [5, 5.41) is 8.42. The third kappa shape index (κ3) is 4.20. The molecule has 0 spiro atoms. The number of benzene rings is 1. The van der Waals surface area contributed by atoms with Crippen LogP contribution < -0.4 is 9.47 Å². The molecule has 0 bridgehead atoms.